The third-order valence-electron chi connectivity index (χ3n) is 3.13. The van der Waals surface area contributed by atoms with Crippen LogP contribution in [0, 0.1) is 6.92 Å². The highest BCUT2D eigenvalue weighted by molar-refractivity contribution is 5.81. The molecule has 6 nitrogen and oxygen atoms in total. The van der Waals surface area contributed by atoms with Crippen LogP contribution in [-0.4, -0.2) is 53.7 Å². The molecule has 0 aliphatic carbocycles. The summed E-state index contributed by atoms with van der Waals surface area (Å²) in [5.41, 5.74) is 7.75. The van der Waals surface area contributed by atoms with Crippen molar-refractivity contribution in [2.24, 2.45) is 10.9 Å². The normalized spacial score (nSPS) is 18.1. The lowest BCUT2D eigenvalue weighted by Gasteiger charge is -2.35. The number of pyridine rings is 1. The Morgan fingerprint density at radius 3 is 2.78 bits per heavy atom. The number of aryl methyl sites for hydroxylation is 1. The number of aromatic nitrogens is 1. The van der Waals surface area contributed by atoms with Gasteiger partial charge in [-0.1, -0.05) is 5.16 Å². The molecule has 1 aliphatic rings. The van der Waals surface area contributed by atoms with E-state index in [9.17, 15) is 0 Å². The molecular formula is C12H19N5O. The van der Waals surface area contributed by atoms with Crippen LogP contribution in [0.3, 0.4) is 0 Å². The predicted octanol–water partition coefficient (Wildman–Crippen LogP) is 0.258. The minimum absolute atomic E-state index is 0.267. The molecule has 1 aromatic rings. The van der Waals surface area contributed by atoms with Crippen LogP contribution in [0.4, 0.5) is 5.69 Å². The quantitative estimate of drug-likeness (QED) is 0.348. The van der Waals surface area contributed by atoms with Gasteiger partial charge in [-0.25, -0.2) is 0 Å². The largest absolute Gasteiger partial charge is 0.409 e. The van der Waals surface area contributed by atoms with Gasteiger partial charge in [-0.2, -0.15) is 0 Å². The lowest BCUT2D eigenvalue weighted by Crippen LogP contribution is -2.49. The van der Waals surface area contributed by atoms with Gasteiger partial charge in [0.2, 0.25) is 0 Å². The maximum atomic E-state index is 8.54. The van der Waals surface area contributed by atoms with Gasteiger partial charge in [0, 0.05) is 43.8 Å². The molecule has 1 aliphatic heterocycles. The van der Waals surface area contributed by atoms with Crippen molar-refractivity contribution in [3.63, 3.8) is 0 Å². The number of hydrogen-bond acceptors (Lipinski definition) is 5. The van der Waals surface area contributed by atoms with Gasteiger partial charge in [0.05, 0.1) is 6.54 Å². The molecule has 1 fully saturated rings. The molecule has 2 heterocycles. The SMILES string of the molecule is Cc1cc(N2CCN(C/C(N)=N/O)CC2)ccn1. The zero-order chi connectivity index (χ0) is 13.0. The van der Waals surface area contributed by atoms with Gasteiger partial charge in [-0.05, 0) is 19.1 Å². The maximum Gasteiger partial charge on any atom is 0.153 e. The first kappa shape index (κ1) is 12.6. The molecule has 0 radical (unpaired) electrons. The van der Waals surface area contributed by atoms with Gasteiger partial charge in [0.1, 0.15) is 0 Å². The molecule has 3 N–H and O–H groups in total. The summed E-state index contributed by atoms with van der Waals surface area (Å²) in [6.45, 7) is 6.25. The van der Waals surface area contributed by atoms with E-state index in [4.69, 9.17) is 10.9 Å². The lowest BCUT2D eigenvalue weighted by atomic mass is 10.2. The molecule has 0 amide bonds. The number of piperazine rings is 1. The molecule has 0 spiro atoms. The van der Waals surface area contributed by atoms with Crippen molar-refractivity contribution in [1.82, 2.24) is 9.88 Å². The van der Waals surface area contributed by atoms with Crippen LogP contribution in [0.2, 0.25) is 0 Å². The topological polar surface area (TPSA) is 78.0 Å². The van der Waals surface area contributed by atoms with E-state index in [1.807, 2.05) is 19.2 Å². The Morgan fingerprint density at radius 1 is 1.44 bits per heavy atom. The zero-order valence-electron chi connectivity index (χ0n) is 10.6. The van der Waals surface area contributed by atoms with E-state index in [2.05, 4.69) is 26.0 Å². The van der Waals surface area contributed by atoms with Crippen LogP contribution in [0.1, 0.15) is 5.69 Å². The third kappa shape index (κ3) is 3.10. The first-order valence-corrected chi connectivity index (χ1v) is 6.05. The Kier molecular flexibility index (Phi) is 3.99. The molecule has 0 atom stereocenters. The van der Waals surface area contributed by atoms with Gasteiger partial charge in [0.15, 0.2) is 5.84 Å². The highest BCUT2D eigenvalue weighted by Crippen LogP contribution is 2.16. The summed E-state index contributed by atoms with van der Waals surface area (Å²) in [7, 11) is 0. The van der Waals surface area contributed by atoms with Crippen molar-refractivity contribution in [2.75, 3.05) is 37.6 Å². The molecule has 0 bridgehead atoms. The van der Waals surface area contributed by atoms with Crippen molar-refractivity contribution in [3.05, 3.63) is 24.0 Å². The van der Waals surface area contributed by atoms with Crippen LogP contribution in [0.15, 0.2) is 23.5 Å². The summed E-state index contributed by atoms with van der Waals surface area (Å²) in [6, 6.07) is 4.13. The second-order valence-corrected chi connectivity index (χ2v) is 4.51. The van der Waals surface area contributed by atoms with Gasteiger partial charge in [-0.3, -0.25) is 9.88 Å². The van der Waals surface area contributed by atoms with Crippen LogP contribution < -0.4 is 10.6 Å². The summed E-state index contributed by atoms with van der Waals surface area (Å²) in [6.07, 6.45) is 1.84. The van der Waals surface area contributed by atoms with E-state index in [0.717, 1.165) is 31.9 Å². The summed E-state index contributed by atoms with van der Waals surface area (Å²) in [4.78, 5) is 8.71. The summed E-state index contributed by atoms with van der Waals surface area (Å²) >= 11 is 0. The van der Waals surface area contributed by atoms with Crippen molar-refractivity contribution in [1.29, 1.82) is 0 Å². The van der Waals surface area contributed by atoms with Gasteiger partial charge in [-0.15, -0.1) is 0 Å². The summed E-state index contributed by atoms with van der Waals surface area (Å²) in [5, 5.41) is 11.5. The zero-order valence-corrected chi connectivity index (χ0v) is 10.6. The average molecular weight is 249 g/mol. The Bertz CT molecular complexity index is 426. The molecule has 18 heavy (non-hydrogen) atoms. The molecule has 0 saturated carbocycles. The van der Waals surface area contributed by atoms with Gasteiger partial charge in [0.25, 0.3) is 0 Å². The van der Waals surface area contributed by atoms with E-state index in [0.29, 0.717) is 6.54 Å². The van der Waals surface area contributed by atoms with E-state index in [-0.39, 0.29) is 5.84 Å². The number of amidine groups is 1. The number of nitrogens with zero attached hydrogens (tertiary/aromatic N) is 4. The highest BCUT2D eigenvalue weighted by Gasteiger charge is 2.17. The number of rotatable bonds is 3. The van der Waals surface area contributed by atoms with Crippen LogP contribution in [0.5, 0.6) is 0 Å². The second-order valence-electron chi connectivity index (χ2n) is 4.51. The monoisotopic (exact) mass is 249 g/mol. The van der Waals surface area contributed by atoms with Crippen molar-refractivity contribution >= 4 is 11.5 Å². The van der Waals surface area contributed by atoms with E-state index in [1.54, 1.807) is 0 Å². The van der Waals surface area contributed by atoms with E-state index >= 15 is 0 Å². The third-order valence-corrected chi connectivity index (χ3v) is 3.13. The van der Waals surface area contributed by atoms with Crippen LogP contribution >= 0.6 is 0 Å². The molecule has 6 heteroatoms. The summed E-state index contributed by atoms with van der Waals surface area (Å²) < 4.78 is 0. The Balaban J connectivity index is 1.90. The average Bonchev–Trinajstić information content (AvgIpc) is 2.39. The second kappa shape index (κ2) is 5.68. The fourth-order valence-electron chi connectivity index (χ4n) is 2.15. The summed E-state index contributed by atoms with van der Waals surface area (Å²) in [5.74, 6) is 0.267. The molecule has 98 valence electrons. The molecule has 1 aromatic heterocycles. The number of oxime groups is 1. The van der Waals surface area contributed by atoms with E-state index in [1.165, 1.54) is 5.69 Å². The van der Waals surface area contributed by atoms with E-state index < -0.39 is 0 Å². The number of nitrogens with two attached hydrogens (primary N) is 1. The fraction of sp³-hybridized carbons (Fsp3) is 0.500. The fourth-order valence-corrected chi connectivity index (χ4v) is 2.15. The first-order chi connectivity index (χ1) is 8.69. The van der Waals surface area contributed by atoms with Gasteiger partial charge < -0.3 is 15.8 Å². The molecule has 2 rings (SSSR count). The Hall–Kier alpha value is -1.82. The first-order valence-electron chi connectivity index (χ1n) is 6.05. The van der Waals surface area contributed by atoms with Crippen molar-refractivity contribution in [3.8, 4) is 0 Å². The standard InChI is InChI=1S/C12H19N5O/c1-10-8-11(2-3-14-10)17-6-4-16(5-7-17)9-12(13)15-18/h2-3,8,18H,4-7,9H2,1H3,(H2,13,15). The molecule has 0 aromatic carbocycles. The smallest absolute Gasteiger partial charge is 0.153 e. The Morgan fingerprint density at radius 2 is 2.17 bits per heavy atom. The minimum atomic E-state index is 0.267. The minimum Gasteiger partial charge on any atom is -0.409 e. The molecular weight excluding hydrogens is 230 g/mol. The van der Waals surface area contributed by atoms with Crippen LogP contribution in [-0.2, 0) is 0 Å². The Labute approximate surface area is 107 Å². The van der Waals surface area contributed by atoms with Crippen LogP contribution in [0.25, 0.3) is 0 Å². The lowest BCUT2D eigenvalue weighted by molar-refractivity contribution is 0.279. The van der Waals surface area contributed by atoms with Crippen molar-refractivity contribution < 1.29 is 5.21 Å². The highest BCUT2D eigenvalue weighted by atomic mass is 16.4. The molecule has 0 unspecified atom stereocenters. The predicted molar refractivity (Wildman–Crippen MR) is 71.0 cm³/mol. The van der Waals surface area contributed by atoms with Gasteiger partial charge >= 0.3 is 0 Å². The maximum absolute atomic E-state index is 8.54. The molecule has 1 saturated heterocycles. The van der Waals surface area contributed by atoms with Crippen molar-refractivity contribution in [2.45, 2.75) is 6.92 Å². The number of anilines is 1. The number of hydrogen-bond donors (Lipinski definition) is 2.